The normalized spacial score (nSPS) is 11.6. The van der Waals surface area contributed by atoms with Gasteiger partial charge in [-0.05, 0) is 35.7 Å². The van der Waals surface area contributed by atoms with Crippen molar-refractivity contribution in [1.29, 1.82) is 0 Å². The zero-order chi connectivity index (χ0) is 12.1. The summed E-state index contributed by atoms with van der Waals surface area (Å²) in [5.74, 6) is 0. The Labute approximate surface area is 112 Å². The SMILES string of the molecule is Brc1ccc2c(ccc3c4ccccc4oc23)c1. The van der Waals surface area contributed by atoms with E-state index in [9.17, 15) is 0 Å². The Morgan fingerprint density at radius 1 is 0.778 bits per heavy atom. The van der Waals surface area contributed by atoms with Crippen LogP contribution in [0.15, 0.2) is 63.5 Å². The van der Waals surface area contributed by atoms with Crippen molar-refractivity contribution in [2.45, 2.75) is 0 Å². The molecule has 0 fully saturated rings. The van der Waals surface area contributed by atoms with E-state index in [1.54, 1.807) is 0 Å². The molecule has 0 aliphatic rings. The molecule has 2 heteroatoms. The highest BCUT2D eigenvalue weighted by Crippen LogP contribution is 2.34. The molecule has 4 rings (SSSR count). The van der Waals surface area contributed by atoms with E-state index in [2.05, 4.69) is 52.3 Å². The van der Waals surface area contributed by atoms with Gasteiger partial charge in [0.15, 0.2) is 0 Å². The summed E-state index contributed by atoms with van der Waals surface area (Å²) in [5.41, 5.74) is 1.92. The van der Waals surface area contributed by atoms with Crippen LogP contribution in [-0.4, -0.2) is 0 Å². The third kappa shape index (κ3) is 1.33. The van der Waals surface area contributed by atoms with Crippen molar-refractivity contribution >= 4 is 48.6 Å². The fourth-order valence-electron chi connectivity index (χ4n) is 2.48. The van der Waals surface area contributed by atoms with E-state index in [0.29, 0.717) is 0 Å². The zero-order valence-electron chi connectivity index (χ0n) is 9.48. The molecule has 1 nitrogen and oxygen atoms in total. The van der Waals surface area contributed by atoms with Gasteiger partial charge in [0.25, 0.3) is 0 Å². The topological polar surface area (TPSA) is 13.1 Å². The first-order chi connectivity index (χ1) is 8.83. The molecule has 0 saturated heterocycles. The number of para-hydroxylation sites is 1. The molecule has 0 amide bonds. The molecule has 1 heterocycles. The van der Waals surface area contributed by atoms with Gasteiger partial charge in [-0.15, -0.1) is 0 Å². The molecule has 0 saturated carbocycles. The van der Waals surface area contributed by atoms with Gasteiger partial charge in [-0.2, -0.15) is 0 Å². The van der Waals surface area contributed by atoms with Crippen molar-refractivity contribution in [2.24, 2.45) is 0 Å². The number of furan rings is 1. The summed E-state index contributed by atoms with van der Waals surface area (Å²) < 4.78 is 7.08. The first kappa shape index (κ1) is 10.2. The van der Waals surface area contributed by atoms with E-state index in [1.165, 1.54) is 16.2 Å². The van der Waals surface area contributed by atoms with Gasteiger partial charge in [0.1, 0.15) is 11.2 Å². The van der Waals surface area contributed by atoms with Crippen LogP contribution in [0.5, 0.6) is 0 Å². The average molecular weight is 297 g/mol. The van der Waals surface area contributed by atoms with Crippen LogP contribution >= 0.6 is 15.9 Å². The largest absolute Gasteiger partial charge is 0.455 e. The molecule has 86 valence electrons. The number of benzene rings is 3. The van der Waals surface area contributed by atoms with Gasteiger partial charge in [-0.1, -0.05) is 40.2 Å². The summed E-state index contributed by atoms with van der Waals surface area (Å²) in [6.45, 7) is 0. The van der Waals surface area contributed by atoms with E-state index < -0.39 is 0 Å². The van der Waals surface area contributed by atoms with Gasteiger partial charge < -0.3 is 4.42 Å². The van der Waals surface area contributed by atoms with E-state index in [4.69, 9.17) is 4.42 Å². The summed E-state index contributed by atoms with van der Waals surface area (Å²) in [6.07, 6.45) is 0. The molecule has 18 heavy (non-hydrogen) atoms. The predicted molar refractivity (Wildman–Crippen MR) is 78.9 cm³/mol. The Balaban J connectivity index is 2.28. The second-order valence-electron chi connectivity index (χ2n) is 4.41. The Bertz CT molecular complexity index is 889. The minimum absolute atomic E-state index is 0.947. The number of rotatable bonds is 0. The lowest BCUT2D eigenvalue weighted by Crippen LogP contribution is -1.74. The van der Waals surface area contributed by atoms with Gasteiger partial charge in [-0.3, -0.25) is 0 Å². The van der Waals surface area contributed by atoms with Crippen molar-refractivity contribution in [3.63, 3.8) is 0 Å². The Morgan fingerprint density at radius 3 is 2.56 bits per heavy atom. The van der Waals surface area contributed by atoms with E-state index >= 15 is 0 Å². The van der Waals surface area contributed by atoms with Crippen LogP contribution < -0.4 is 0 Å². The van der Waals surface area contributed by atoms with Crippen LogP contribution in [0.3, 0.4) is 0 Å². The number of hydrogen-bond donors (Lipinski definition) is 0. The van der Waals surface area contributed by atoms with Crippen molar-refractivity contribution in [3.05, 3.63) is 59.1 Å². The van der Waals surface area contributed by atoms with Crippen molar-refractivity contribution < 1.29 is 4.42 Å². The molecular formula is C16H9BrO. The molecule has 0 atom stereocenters. The van der Waals surface area contributed by atoms with E-state index in [1.807, 2.05) is 18.2 Å². The summed E-state index contributed by atoms with van der Waals surface area (Å²) >= 11 is 3.50. The quantitative estimate of drug-likeness (QED) is 0.417. The van der Waals surface area contributed by atoms with Crippen LogP contribution in [0.25, 0.3) is 32.7 Å². The fourth-order valence-corrected chi connectivity index (χ4v) is 2.86. The second-order valence-corrected chi connectivity index (χ2v) is 5.32. The Hall–Kier alpha value is -1.80. The maximum Gasteiger partial charge on any atom is 0.143 e. The van der Waals surface area contributed by atoms with Gasteiger partial charge in [0.05, 0.1) is 0 Å². The lowest BCUT2D eigenvalue weighted by molar-refractivity contribution is 0.672. The second kappa shape index (κ2) is 3.59. The lowest BCUT2D eigenvalue weighted by atomic mass is 10.1. The predicted octanol–water partition coefficient (Wildman–Crippen LogP) is 5.50. The van der Waals surface area contributed by atoms with Crippen LogP contribution in [0.2, 0.25) is 0 Å². The zero-order valence-corrected chi connectivity index (χ0v) is 11.1. The molecule has 1 aromatic heterocycles. The number of hydrogen-bond acceptors (Lipinski definition) is 1. The molecule has 0 aliphatic carbocycles. The molecule has 0 N–H and O–H groups in total. The molecule has 0 aliphatic heterocycles. The van der Waals surface area contributed by atoms with Crippen LogP contribution in [-0.2, 0) is 0 Å². The molecule has 3 aromatic carbocycles. The standard InChI is InChI=1S/C16H9BrO/c17-11-6-8-12-10(9-11)5-7-14-13-3-1-2-4-15(13)18-16(12)14/h1-9H. The van der Waals surface area contributed by atoms with Gasteiger partial charge in [0.2, 0.25) is 0 Å². The van der Waals surface area contributed by atoms with Crippen molar-refractivity contribution in [2.75, 3.05) is 0 Å². The first-order valence-corrected chi connectivity index (χ1v) is 6.62. The minimum Gasteiger partial charge on any atom is -0.455 e. The molecular weight excluding hydrogens is 288 g/mol. The van der Waals surface area contributed by atoms with E-state index in [-0.39, 0.29) is 0 Å². The van der Waals surface area contributed by atoms with Crippen LogP contribution in [0.1, 0.15) is 0 Å². The maximum absolute atomic E-state index is 5.99. The summed E-state index contributed by atoms with van der Waals surface area (Å²) in [5, 5.41) is 4.71. The highest BCUT2D eigenvalue weighted by molar-refractivity contribution is 9.10. The highest BCUT2D eigenvalue weighted by atomic mass is 79.9. The number of fused-ring (bicyclic) bond motifs is 5. The molecule has 0 spiro atoms. The summed E-state index contributed by atoms with van der Waals surface area (Å²) in [6, 6.07) is 18.7. The van der Waals surface area contributed by atoms with Crippen molar-refractivity contribution in [3.8, 4) is 0 Å². The minimum atomic E-state index is 0.947. The fraction of sp³-hybridized carbons (Fsp3) is 0. The van der Waals surface area contributed by atoms with Gasteiger partial charge >= 0.3 is 0 Å². The summed E-state index contributed by atoms with van der Waals surface area (Å²) in [7, 11) is 0. The third-order valence-electron chi connectivity index (χ3n) is 3.32. The van der Waals surface area contributed by atoms with Crippen molar-refractivity contribution in [1.82, 2.24) is 0 Å². The number of halogens is 1. The molecule has 0 radical (unpaired) electrons. The summed E-state index contributed by atoms with van der Waals surface area (Å²) in [4.78, 5) is 0. The maximum atomic E-state index is 5.99. The molecule has 4 aromatic rings. The molecule has 0 unspecified atom stereocenters. The van der Waals surface area contributed by atoms with Crippen LogP contribution in [0.4, 0.5) is 0 Å². The first-order valence-electron chi connectivity index (χ1n) is 5.82. The average Bonchev–Trinajstić information content (AvgIpc) is 2.77. The lowest BCUT2D eigenvalue weighted by Gasteiger charge is -1.99. The third-order valence-corrected chi connectivity index (χ3v) is 3.81. The Kier molecular flexibility index (Phi) is 2.03. The smallest absolute Gasteiger partial charge is 0.143 e. The van der Waals surface area contributed by atoms with Gasteiger partial charge in [0, 0.05) is 20.6 Å². The van der Waals surface area contributed by atoms with Gasteiger partial charge in [-0.25, -0.2) is 0 Å². The Morgan fingerprint density at radius 2 is 1.61 bits per heavy atom. The van der Waals surface area contributed by atoms with E-state index in [0.717, 1.165) is 21.0 Å². The van der Waals surface area contributed by atoms with Crippen LogP contribution in [0, 0.1) is 0 Å². The molecule has 0 bridgehead atoms. The monoisotopic (exact) mass is 296 g/mol. The highest BCUT2D eigenvalue weighted by Gasteiger charge is 2.09.